The second-order valence-electron chi connectivity index (χ2n) is 5.56. The second-order valence-corrected chi connectivity index (χ2v) is 7.61. The Hall–Kier alpha value is -3.05. The minimum atomic E-state index is -4.03. The van der Waals surface area contributed by atoms with Crippen LogP contribution in [0.3, 0.4) is 0 Å². The second kappa shape index (κ2) is 8.10. The molecule has 0 amide bonds. The van der Waals surface area contributed by atoms with E-state index in [9.17, 15) is 28.4 Å². The lowest BCUT2D eigenvalue weighted by Gasteiger charge is -2.21. The van der Waals surface area contributed by atoms with E-state index in [0.29, 0.717) is 11.4 Å². The molecule has 0 aliphatic carbocycles. The number of carboxylic acid groups (broad SMARTS) is 1. The van der Waals surface area contributed by atoms with Crippen LogP contribution in [0.15, 0.2) is 47.5 Å². The third-order valence-electron chi connectivity index (χ3n) is 3.86. The van der Waals surface area contributed by atoms with Gasteiger partial charge in [-0.3, -0.25) is 14.9 Å². The van der Waals surface area contributed by atoms with E-state index >= 15 is 0 Å². The average molecular weight is 395 g/mol. The first-order chi connectivity index (χ1) is 12.7. The van der Waals surface area contributed by atoms with Crippen molar-refractivity contribution in [2.45, 2.75) is 10.8 Å². The van der Waals surface area contributed by atoms with E-state index < -0.39 is 26.8 Å². The Bertz CT molecular complexity index is 927. The van der Waals surface area contributed by atoms with E-state index in [0.717, 1.165) is 28.6 Å². The molecular weight excluding hydrogens is 378 g/mol. The molecule has 0 saturated heterocycles. The highest BCUT2D eigenvalue weighted by molar-refractivity contribution is 7.89. The van der Waals surface area contributed by atoms with Crippen LogP contribution in [0.2, 0.25) is 0 Å². The van der Waals surface area contributed by atoms with Crippen molar-refractivity contribution in [2.75, 3.05) is 20.7 Å². The minimum absolute atomic E-state index is 0.174. The molecule has 1 aromatic heterocycles. The van der Waals surface area contributed by atoms with Crippen LogP contribution in [0, 0.1) is 10.1 Å². The fraction of sp³-hybridized carbons (Fsp3) is 0.250. The molecule has 2 aromatic rings. The van der Waals surface area contributed by atoms with Gasteiger partial charge in [-0.1, -0.05) is 6.07 Å². The predicted molar refractivity (Wildman–Crippen MR) is 94.1 cm³/mol. The average Bonchev–Trinajstić information content (AvgIpc) is 2.65. The van der Waals surface area contributed by atoms with Gasteiger partial charge < -0.3 is 9.84 Å². The Morgan fingerprint density at radius 2 is 1.93 bits per heavy atom. The number of pyridine rings is 1. The van der Waals surface area contributed by atoms with Crippen molar-refractivity contribution in [3.05, 3.63) is 58.3 Å². The summed E-state index contributed by atoms with van der Waals surface area (Å²) in [7, 11) is -1.37. The zero-order valence-corrected chi connectivity index (χ0v) is 15.3. The molecule has 0 aliphatic rings. The molecule has 144 valence electrons. The number of nitro groups is 1. The minimum Gasteiger partial charge on any atom is -0.481 e. The lowest BCUT2D eigenvalue weighted by molar-refractivity contribution is -0.384. The highest BCUT2D eigenvalue weighted by Gasteiger charge is 2.29. The smallest absolute Gasteiger partial charge is 0.312 e. The summed E-state index contributed by atoms with van der Waals surface area (Å²) in [4.78, 5) is 25.4. The molecule has 1 unspecified atom stereocenters. The van der Waals surface area contributed by atoms with Gasteiger partial charge in [-0.2, -0.15) is 4.31 Å². The van der Waals surface area contributed by atoms with Crippen molar-refractivity contribution in [2.24, 2.45) is 0 Å². The zero-order valence-electron chi connectivity index (χ0n) is 14.5. The SMILES string of the molecule is COc1ccc(C(CN(C)S(=O)(=O)c2ccc([N+](=O)[O-])cc2)C(=O)O)cn1. The van der Waals surface area contributed by atoms with Gasteiger partial charge in [0, 0.05) is 38.0 Å². The summed E-state index contributed by atoms with van der Waals surface area (Å²) < 4.78 is 31.1. The topological polar surface area (TPSA) is 140 Å². The molecule has 1 heterocycles. The lowest BCUT2D eigenvalue weighted by atomic mass is 10.0. The zero-order chi connectivity index (χ0) is 20.2. The quantitative estimate of drug-likeness (QED) is 0.524. The van der Waals surface area contributed by atoms with E-state index in [1.54, 1.807) is 0 Å². The van der Waals surface area contributed by atoms with Gasteiger partial charge in [0.25, 0.3) is 5.69 Å². The maximum Gasteiger partial charge on any atom is 0.312 e. The van der Waals surface area contributed by atoms with Gasteiger partial charge in [0.15, 0.2) is 0 Å². The molecule has 1 N–H and O–H groups in total. The number of aliphatic carboxylic acids is 1. The van der Waals surface area contributed by atoms with Crippen molar-refractivity contribution in [1.29, 1.82) is 0 Å². The number of ether oxygens (including phenoxy) is 1. The van der Waals surface area contributed by atoms with E-state index in [2.05, 4.69) is 4.98 Å². The maximum absolute atomic E-state index is 12.6. The molecule has 10 nitrogen and oxygen atoms in total. The van der Waals surface area contributed by atoms with Crippen molar-refractivity contribution in [1.82, 2.24) is 9.29 Å². The Balaban J connectivity index is 2.26. The van der Waals surface area contributed by atoms with Crippen LogP contribution < -0.4 is 4.74 Å². The number of hydrogen-bond acceptors (Lipinski definition) is 7. The molecule has 0 spiro atoms. The number of sulfonamides is 1. The summed E-state index contributed by atoms with van der Waals surface area (Å²) in [6.07, 6.45) is 1.31. The van der Waals surface area contributed by atoms with Gasteiger partial charge in [-0.15, -0.1) is 0 Å². The summed E-state index contributed by atoms with van der Waals surface area (Å²) in [6.45, 7) is -0.345. The number of nitrogens with zero attached hydrogens (tertiary/aromatic N) is 3. The summed E-state index contributed by atoms with van der Waals surface area (Å²) in [5.74, 6) is -2.07. The standard InChI is InChI=1S/C16H17N3O7S/c1-18(27(24,25)13-6-4-12(5-7-13)19(22)23)10-14(16(20)21)11-3-8-15(26-2)17-9-11/h3-9,14H,10H2,1-2H3,(H,20,21). The van der Waals surface area contributed by atoms with Crippen molar-refractivity contribution in [3.8, 4) is 5.88 Å². The number of carboxylic acids is 1. The Labute approximate surface area is 155 Å². The molecule has 0 fully saturated rings. The van der Waals surface area contributed by atoms with Crippen LogP contribution in [0.4, 0.5) is 5.69 Å². The number of aromatic nitrogens is 1. The first-order valence-electron chi connectivity index (χ1n) is 7.60. The highest BCUT2D eigenvalue weighted by Crippen LogP contribution is 2.23. The number of carbonyl (C=O) groups is 1. The fourth-order valence-electron chi connectivity index (χ4n) is 2.32. The molecule has 0 saturated carbocycles. The number of non-ortho nitro benzene ring substituents is 1. The largest absolute Gasteiger partial charge is 0.481 e. The third kappa shape index (κ3) is 4.57. The normalized spacial score (nSPS) is 12.6. The Kier molecular flexibility index (Phi) is 6.08. The van der Waals surface area contributed by atoms with E-state index in [1.165, 1.54) is 32.5 Å². The van der Waals surface area contributed by atoms with E-state index in [4.69, 9.17) is 4.74 Å². The van der Waals surface area contributed by atoms with Crippen molar-refractivity contribution < 1.29 is 28.0 Å². The summed E-state index contributed by atoms with van der Waals surface area (Å²) >= 11 is 0. The summed E-state index contributed by atoms with van der Waals surface area (Å²) in [5.41, 5.74) is 0.0679. The maximum atomic E-state index is 12.6. The number of methoxy groups -OCH3 is 1. The van der Waals surface area contributed by atoms with Gasteiger partial charge in [0.1, 0.15) is 0 Å². The van der Waals surface area contributed by atoms with Crippen LogP contribution in [0.1, 0.15) is 11.5 Å². The molecule has 2 rings (SSSR count). The first kappa shape index (κ1) is 20.3. The predicted octanol–water partition coefficient (Wildman–Crippen LogP) is 1.49. The van der Waals surface area contributed by atoms with Crippen LogP contribution in [0.25, 0.3) is 0 Å². The van der Waals surface area contributed by atoms with Gasteiger partial charge >= 0.3 is 5.97 Å². The molecule has 1 aromatic carbocycles. The Morgan fingerprint density at radius 3 is 2.37 bits per heavy atom. The van der Waals surface area contributed by atoms with Crippen molar-refractivity contribution in [3.63, 3.8) is 0 Å². The molecule has 1 atom stereocenters. The molecule has 0 aliphatic heterocycles. The van der Waals surface area contributed by atoms with Gasteiger partial charge in [-0.25, -0.2) is 13.4 Å². The number of benzene rings is 1. The van der Waals surface area contributed by atoms with Crippen LogP contribution >= 0.6 is 0 Å². The van der Waals surface area contributed by atoms with Crippen LogP contribution in [0.5, 0.6) is 5.88 Å². The number of rotatable bonds is 8. The van der Waals surface area contributed by atoms with Gasteiger partial charge in [0.05, 0.1) is 22.8 Å². The van der Waals surface area contributed by atoms with E-state index in [1.807, 2.05) is 0 Å². The van der Waals surface area contributed by atoms with Gasteiger partial charge in [0.2, 0.25) is 15.9 Å². The fourth-order valence-corrected chi connectivity index (χ4v) is 3.50. The van der Waals surface area contributed by atoms with Crippen LogP contribution in [-0.2, 0) is 14.8 Å². The Morgan fingerprint density at radius 1 is 1.30 bits per heavy atom. The molecule has 11 heteroatoms. The van der Waals surface area contributed by atoms with Crippen LogP contribution in [-0.4, -0.2) is 54.4 Å². The van der Waals surface area contributed by atoms with Crippen molar-refractivity contribution >= 4 is 21.7 Å². The third-order valence-corrected chi connectivity index (χ3v) is 5.70. The number of nitro benzene ring substituents is 1. The lowest BCUT2D eigenvalue weighted by Crippen LogP contribution is -2.34. The summed E-state index contributed by atoms with van der Waals surface area (Å²) in [5, 5.41) is 20.2. The first-order valence-corrected chi connectivity index (χ1v) is 9.04. The highest BCUT2D eigenvalue weighted by atomic mass is 32.2. The number of hydrogen-bond donors (Lipinski definition) is 1. The molecule has 27 heavy (non-hydrogen) atoms. The number of likely N-dealkylation sites (N-methyl/N-ethyl adjacent to an activating group) is 1. The molecule has 0 radical (unpaired) electrons. The van der Waals surface area contributed by atoms with Gasteiger partial charge in [-0.05, 0) is 17.7 Å². The molecule has 0 bridgehead atoms. The monoisotopic (exact) mass is 395 g/mol. The summed E-state index contributed by atoms with van der Waals surface area (Å²) in [6, 6.07) is 7.34. The molecular formula is C16H17N3O7S. The van der Waals surface area contributed by atoms with E-state index in [-0.39, 0.29) is 17.1 Å².